The molecule has 20 heavy (non-hydrogen) atoms. The number of hydrogen-bond acceptors (Lipinski definition) is 3. The van der Waals surface area contributed by atoms with E-state index >= 15 is 0 Å². The molecule has 1 atom stereocenters. The van der Waals surface area contributed by atoms with Crippen molar-refractivity contribution in [3.8, 4) is 0 Å². The second kappa shape index (κ2) is 7.48. The highest BCUT2D eigenvalue weighted by Gasteiger charge is 2.17. The molecule has 0 bridgehead atoms. The van der Waals surface area contributed by atoms with Crippen LogP contribution in [0.1, 0.15) is 18.1 Å². The van der Waals surface area contributed by atoms with Gasteiger partial charge < -0.3 is 9.64 Å². The summed E-state index contributed by atoms with van der Waals surface area (Å²) in [5.74, 6) is -0.782. The van der Waals surface area contributed by atoms with Crippen molar-refractivity contribution in [2.45, 2.75) is 13.8 Å². The van der Waals surface area contributed by atoms with Crippen LogP contribution in [0.15, 0.2) is 30.3 Å². The fraction of sp³-hybridized carbons (Fsp3) is 0.375. The molecular formula is C16H21NO3. The van der Waals surface area contributed by atoms with Gasteiger partial charge in [0.25, 0.3) is 0 Å². The smallest absolute Gasteiger partial charge is 0.310 e. The molecule has 0 spiro atoms. The van der Waals surface area contributed by atoms with Gasteiger partial charge in [0.2, 0.25) is 5.91 Å². The van der Waals surface area contributed by atoms with Crippen molar-refractivity contribution in [3.63, 3.8) is 0 Å². The van der Waals surface area contributed by atoms with E-state index in [1.54, 1.807) is 20.0 Å². The van der Waals surface area contributed by atoms with Crippen LogP contribution < -0.4 is 0 Å². The van der Waals surface area contributed by atoms with Gasteiger partial charge in [-0.05, 0) is 18.6 Å². The van der Waals surface area contributed by atoms with Crippen LogP contribution in [-0.4, -0.2) is 37.5 Å². The lowest BCUT2D eigenvalue weighted by atomic mass is 10.1. The Bertz CT molecular complexity index is 508. The van der Waals surface area contributed by atoms with E-state index in [1.807, 2.05) is 31.2 Å². The van der Waals surface area contributed by atoms with Crippen LogP contribution in [0, 0.1) is 12.8 Å². The molecule has 1 aromatic rings. The Morgan fingerprint density at radius 3 is 2.70 bits per heavy atom. The number of nitrogens with zero attached hydrogens (tertiary/aromatic N) is 1. The van der Waals surface area contributed by atoms with Crippen LogP contribution in [0.4, 0.5) is 0 Å². The molecule has 4 heteroatoms. The lowest BCUT2D eigenvalue weighted by Crippen LogP contribution is -2.33. The zero-order chi connectivity index (χ0) is 15.1. The molecule has 0 radical (unpaired) electrons. The first-order valence-electron chi connectivity index (χ1n) is 6.51. The molecule has 0 saturated carbocycles. The van der Waals surface area contributed by atoms with Crippen molar-refractivity contribution in [3.05, 3.63) is 41.5 Å². The van der Waals surface area contributed by atoms with Gasteiger partial charge in [-0.3, -0.25) is 9.59 Å². The molecule has 1 rings (SSSR count). The number of rotatable bonds is 5. The molecule has 0 aromatic heterocycles. The normalized spacial score (nSPS) is 12.2. The highest BCUT2D eigenvalue weighted by molar-refractivity contribution is 5.91. The van der Waals surface area contributed by atoms with Gasteiger partial charge >= 0.3 is 5.97 Å². The number of carbonyl (C=O) groups is 2. The summed E-state index contributed by atoms with van der Waals surface area (Å²) >= 11 is 0. The minimum Gasteiger partial charge on any atom is -0.469 e. The van der Waals surface area contributed by atoms with Crippen LogP contribution in [0.25, 0.3) is 6.08 Å². The highest BCUT2D eigenvalue weighted by atomic mass is 16.5. The largest absolute Gasteiger partial charge is 0.469 e. The Morgan fingerprint density at radius 1 is 1.40 bits per heavy atom. The van der Waals surface area contributed by atoms with E-state index in [0.717, 1.165) is 11.1 Å². The molecule has 0 saturated heterocycles. The molecule has 1 amide bonds. The van der Waals surface area contributed by atoms with Gasteiger partial charge in [-0.1, -0.05) is 36.8 Å². The Kier molecular flexibility index (Phi) is 5.97. The van der Waals surface area contributed by atoms with Gasteiger partial charge in [0.05, 0.1) is 13.0 Å². The highest BCUT2D eigenvalue weighted by Crippen LogP contribution is 2.07. The molecule has 0 aliphatic carbocycles. The van der Waals surface area contributed by atoms with Gasteiger partial charge in [0.15, 0.2) is 0 Å². The average Bonchev–Trinajstić information content (AvgIpc) is 2.43. The van der Waals surface area contributed by atoms with Gasteiger partial charge in [-0.15, -0.1) is 0 Å². The molecule has 0 N–H and O–H groups in total. The first-order valence-corrected chi connectivity index (χ1v) is 6.51. The second-order valence-corrected chi connectivity index (χ2v) is 4.89. The van der Waals surface area contributed by atoms with Crippen molar-refractivity contribution in [1.29, 1.82) is 0 Å². The number of esters is 1. The second-order valence-electron chi connectivity index (χ2n) is 4.89. The van der Waals surface area contributed by atoms with Gasteiger partial charge in [-0.2, -0.15) is 0 Å². The fourth-order valence-corrected chi connectivity index (χ4v) is 1.85. The molecule has 0 aliphatic heterocycles. The number of benzene rings is 1. The molecule has 0 aliphatic rings. The van der Waals surface area contributed by atoms with Crippen molar-refractivity contribution >= 4 is 18.0 Å². The number of methoxy groups -OCH3 is 1. The van der Waals surface area contributed by atoms with Gasteiger partial charge in [-0.25, -0.2) is 0 Å². The van der Waals surface area contributed by atoms with Crippen molar-refractivity contribution in [2.24, 2.45) is 5.92 Å². The van der Waals surface area contributed by atoms with E-state index in [0.29, 0.717) is 6.54 Å². The number of ether oxygens (including phenoxy) is 1. The number of hydrogen-bond donors (Lipinski definition) is 0. The molecule has 108 valence electrons. The number of likely N-dealkylation sites (N-methyl/N-ethyl adjacent to an activating group) is 1. The van der Waals surface area contributed by atoms with Gasteiger partial charge in [0.1, 0.15) is 0 Å². The number of aryl methyl sites for hydroxylation is 1. The topological polar surface area (TPSA) is 46.6 Å². The quantitative estimate of drug-likeness (QED) is 0.612. The molecule has 1 unspecified atom stereocenters. The van der Waals surface area contributed by atoms with E-state index in [4.69, 9.17) is 0 Å². The standard InChI is InChI=1S/C16H21NO3/c1-12-6-5-7-14(10-12)8-9-15(18)17(3)11-13(2)16(19)20-4/h5-10,13H,11H2,1-4H3. The van der Waals surface area contributed by atoms with E-state index in [1.165, 1.54) is 18.1 Å². The van der Waals surface area contributed by atoms with Crippen LogP contribution in [0.2, 0.25) is 0 Å². The third-order valence-electron chi connectivity index (χ3n) is 2.99. The molecule has 0 fully saturated rings. The lowest BCUT2D eigenvalue weighted by molar-refractivity contribution is -0.145. The minimum atomic E-state index is -0.332. The summed E-state index contributed by atoms with van der Waals surface area (Å²) in [7, 11) is 3.01. The summed E-state index contributed by atoms with van der Waals surface area (Å²) in [5.41, 5.74) is 2.13. The predicted octanol–water partition coefficient (Wildman–Crippen LogP) is 2.28. The van der Waals surface area contributed by atoms with Gasteiger partial charge in [0, 0.05) is 19.7 Å². The monoisotopic (exact) mass is 275 g/mol. The maximum absolute atomic E-state index is 11.9. The fourth-order valence-electron chi connectivity index (χ4n) is 1.85. The van der Waals surface area contributed by atoms with Crippen LogP contribution >= 0.6 is 0 Å². The first-order chi connectivity index (χ1) is 9.43. The zero-order valence-electron chi connectivity index (χ0n) is 12.4. The van der Waals surface area contributed by atoms with Crippen molar-refractivity contribution in [2.75, 3.05) is 20.7 Å². The zero-order valence-corrected chi connectivity index (χ0v) is 12.4. The Labute approximate surface area is 120 Å². The average molecular weight is 275 g/mol. The van der Waals surface area contributed by atoms with E-state index in [-0.39, 0.29) is 17.8 Å². The summed E-state index contributed by atoms with van der Waals surface area (Å²) in [6.45, 7) is 4.08. The van der Waals surface area contributed by atoms with Crippen molar-refractivity contribution in [1.82, 2.24) is 4.90 Å². The van der Waals surface area contributed by atoms with Crippen molar-refractivity contribution < 1.29 is 14.3 Å². The summed E-state index contributed by atoms with van der Waals surface area (Å²) in [6.07, 6.45) is 3.29. The minimum absolute atomic E-state index is 0.137. The van der Waals surface area contributed by atoms with E-state index in [2.05, 4.69) is 4.74 Å². The summed E-state index contributed by atoms with van der Waals surface area (Å²) in [6, 6.07) is 7.89. The molecule has 0 heterocycles. The Hall–Kier alpha value is -2.10. The lowest BCUT2D eigenvalue weighted by Gasteiger charge is -2.18. The summed E-state index contributed by atoms with van der Waals surface area (Å²) in [4.78, 5) is 24.8. The Balaban J connectivity index is 2.59. The third-order valence-corrected chi connectivity index (χ3v) is 2.99. The maximum Gasteiger partial charge on any atom is 0.310 e. The third kappa shape index (κ3) is 4.88. The molecule has 1 aromatic carbocycles. The van der Waals surface area contributed by atoms with Crippen LogP contribution in [0.5, 0.6) is 0 Å². The Morgan fingerprint density at radius 2 is 2.10 bits per heavy atom. The number of amides is 1. The summed E-state index contributed by atoms with van der Waals surface area (Å²) in [5, 5.41) is 0. The molecule has 4 nitrogen and oxygen atoms in total. The van der Waals surface area contributed by atoms with E-state index in [9.17, 15) is 9.59 Å². The predicted molar refractivity (Wildman–Crippen MR) is 79.0 cm³/mol. The SMILES string of the molecule is COC(=O)C(C)CN(C)C(=O)C=Cc1cccc(C)c1. The molecular weight excluding hydrogens is 254 g/mol. The number of carbonyl (C=O) groups excluding carboxylic acids is 2. The first kappa shape index (κ1) is 16.0. The van der Waals surface area contributed by atoms with Crippen LogP contribution in [0.3, 0.4) is 0 Å². The summed E-state index contributed by atoms with van der Waals surface area (Å²) < 4.78 is 4.64. The van der Waals surface area contributed by atoms with E-state index < -0.39 is 0 Å². The maximum atomic E-state index is 11.9. The van der Waals surface area contributed by atoms with Crippen LogP contribution in [-0.2, 0) is 14.3 Å².